The van der Waals surface area contributed by atoms with Gasteiger partial charge in [-0.2, -0.15) is 14.6 Å². The van der Waals surface area contributed by atoms with Crippen molar-refractivity contribution in [2.24, 2.45) is 11.3 Å². The lowest BCUT2D eigenvalue weighted by Crippen LogP contribution is -2.39. The third-order valence-corrected chi connectivity index (χ3v) is 5.94. The zero-order valence-electron chi connectivity index (χ0n) is 15.4. The third kappa shape index (κ3) is 3.10. The van der Waals surface area contributed by atoms with Crippen LogP contribution in [0.1, 0.15) is 59.1 Å². The summed E-state index contributed by atoms with van der Waals surface area (Å²) >= 11 is 6.67. The van der Waals surface area contributed by atoms with E-state index in [-0.39, 0.29) is 0 Å². The van der Waals surface area contributed by atoms with Gasteiger partial charge in [-0.05, 0) is 43.4 Å². The minimum absolute atomic E-state index is 0.395. The Labute approximate surface area is 149 Å². The molecule has 1 aliphatic carbocycles. The molecule has 3 rings (SSSR count). The zero-order chi connectivity index (χ0) is 17.5. The predicted molar refractivity (Wildman–Crippen MR) is 98.8 cm³/mol. The van der Waals surface area contributed by atoms with E-state index in [2.05, 4.69) is 54.7 Å². The van der Waals surface area contributed by atoms with Crippen molar-refractivity contribution in [1.29, 1.82) is 0 Å². The number of nitrogens with zero attached hydrogens (tertiary/aromatic N) is 5. The highest BCUT2D eigenvalue weighted by Gasteiger charge is 2.32. The van der Waals surface area contributed by atoms with Gasteiger partial charge in [-0.1, -0.05) is 39.3 Å². The fourth-order valence-corrected chi connectivity index (χ4v) is 4.28. The van der Waals surface area contributed by atoms with Gasteiger partial charge in [0.15, 0.2) is 5.82 Å². The van der Waals surface area contributed by atoms with E-state index in [1.54, 1.807) is 10.8 Å². The lowest BCUT2D eigenvalue weighted by molar-refractivity contribution is 0.168. The predicted octanol–water partition coefficient (Wildman–Crippen LogP) is 4.38. The molecule has 6 heteroatoms. The number of aromatic nitrogens is 4. The summed E-state index contributed by atoms with van der Waals surface area (Å²) in [5.74, 6) is 2.35. The molecule has 0 amide bonds. The van der Waals surface area contributed by atoms with Crippen molar-refractivity contribution in [3.8, 4) is 0 Å². The lowest BCUT2D eigenvalue weighted by Gasteiger charge is -2.40. The van der Waals surface area contributed by atoms with Crippen LogP contribution in [0, 0.1) is 11.3 Å². The summed E-state index contributed by atoms with van der Waals surface area (Å²) in [6.45, 7) is 9.13. The standard InChI is InChI=1S/C18H28ClN5/c1-6-14-15(19)16(24-17(22-14)20-11-21-24)23(5)13-9-7-12(8-10-13)18(2,3)4/h11-13H,6-10H2,1-5H3. The number of hydrogen-bond acceptors (Lipinski definition) is 4. The maximum Gasteiger partial charge on any atom is 0.254 e. The first kappa shape index (κ1) is 17.5. The third-order valence-electron chi connectivity index (χ3n) is 5.55. The van der Waals surface area contributed by atoms with Crippen LogP contribution < -0.4 is 4.90 Å². The molecule has 0 unspecified atom stereocenters. The fraction of sp³-hybridized carbons (Fsp3) is 0.722. The van der Waals surface area contributed by atoms with Crippen LogP contribution in [0.4, 0.5) is 5.82 Å². The summed E-state index contributed by atoms with van der Waals surface area (Å²) in [4.78, 5) is 11.1. The normalized spacial score (nSPS) is 22.1. The first-order chi connectivity index (χ1) is 11.3. The minimum atomic E-state index is 0.395. The van der Waals surface area contributed by atoms with Crippen LogP contribution in [0.25, 0.3) is 5.78 Å². The molecule has 2 aromatic rings. The van der Waals surface area contributed by atoms with Crippen molar-refractivity contribution in [3.63, 3.8) is 0 Å². The summed E-state index contributed by atoms with van der Waals surface area (Å²) < 4.78 is 1.78. The van der Waals surface area contributed by atoms with Crippen LogP contribution in [0.5, 0.6) is 0 Å². The molecule has 0 N–H and O–H groups in total. The van der Waals surface area contributed by atoms with E-state index in [4.69, 9.17) is 11.6 Å². The molecular weight excluding hydrogens is 322 g/mol. The molecule has 0 bridgehead atoms. The Balaban J connectivity index is 1.88. The number of anilines is 1. The van der Waals surface area contributed by atoms with E-state index < -0.39 is 0 Å². The number of halogens is 1. The zero-order valence-corrected chi connectivity index (χ0v) is 16.1. The summed E-state index contributed by atoms with van der Waals surface area (Å²) in [6.07, 6.45) is 7.25. The molecule has 5 nitrogen and oxygen atoms in total. The summed E-state index contributed by atoms with van der Waals surface area (Å²) in [5, 5.41) is 5.05. The topological polar surface area (TPSA) is 46.3 Å². The molecule has 132 valence electrons. The van der Waals surface area contributed by atoms with Crippen LogP contribution in [0.15, 0.2) is 6.33 Å². The Bertz CT molecular complexity index is 710. The SMILES string of the molecule is CCc1nc2ncnn2c(N(C)C2CCC(C(C)(C)C)CC2)c1Cl. The van der Waals surface area contributed by atoms with Crippen molar-refractivity contribution in [3.05, 3.63) is 17.0 Å². The van der Waals surface area contributed by atoms with Gasteiger partial charge in [0.2, 0.25) is 0 Å². The highest BCUT2D eigenvalue weighted by Crippen LogP contribution is 2.40. The second kappa shape index (κ2) is 6.51. The van der Waals surface area contributed by atoms with Gasteiger partial charge in [-0.15, -0.1) is 0 Å². The molecule has 24 heavy (non-hydrogen) atoms. The van der Waals surface area contributed by atoms with Crippen LogP contribution in [-0.2, 0) is 6.42 Å². The van der Waals surface area contributed by atoms with Gasteiger partial charge >= 0.3 is 0 Å². The molecule has 1 aliphatic rings. The molecule has 0 radical (unpaired) electrons. The van der Waals surface area contributed by atoms with Crippen LogP contribution in [0.3, 0.4) is 0 Å². The van der Waals surface area contributed by atoms with Gasteiger partial charge in [0.1, 0.15) is 11.3 Å². The van der Waals surface area contributed by atoms with Crippen LogP contribution >= 0.6 is 11.6 Å². The van der Waals surface area contributed by atoms with Crippen molar-refractivity contribution in [2.75, 3.05) is 11.9 Å². The molecule has 1 fully saturated rings. The first-order valence-electron chi connectivity index (χ1n) is 8.93. The second-order valence-corrected chi connectivity index (χ2v) is 8.38. The molecular formula is C18H28ClN5. The Morgan fingerprint density at radius 2 is 1.92 bits per heavy atom. The van der Waals surface area contributed by atoms with Gasteiger partial charge in [0, 0.05) is 13.1 Å². The summed E-state index contributed by atoms with van der Waals surface area (Å²) in [6, 6.07) is 0.487. The van der Waals surface area contributed by atoms with E-state index in [1.807, 2.05) is 0 Å². The van der Waals surface area contributed by atoms with Crippen molar-refractivity contribution < 1.29 is 0 Å². The van der Waals surface area contributed by atoms with Gasteiger partial charge in [-0.3, -0.25) is 0 Å². The van der Waals surface area contributed by atoms with Crippen molar-refractivity contribution in [2.45, 2.75) is 65.8 Å². The minimum Gasteiger partial charge on any atom is -0.355 e. The molecule has 1 saturated carbocycles. The average Bonchev–Trinajstić information content (AvgIpc) is 3.01. The number of aryl methyl sites for hydroxylation is 1. The highest BCUT2D eigenvalue weighted by molar-refractivity contribution is 6.33. The lowest BCUT2D eigenvalue weighted by atomic mass is 9.71. The average molecular weight is 350 g/mol. The highest BCUT2D eigenvalue weighted by atomic mass is 35.5. The molecule has 0 spiro atoms. The molecule has 0 aliphatic heterocycles. The van der Waals surface area contributed by atoms with Gasteiger partial charge in [0.25, 0.3) is 5.78 Å². The molecule has 2 aromatic heterocycles. The van der Waals surface area contributed by atoms with Crippen LogP contribution in [-0.4, -0.2) is 32.7 Å². The second-order valence-electron chi connectivity index (χ2n) is 8.00. The van der Waals surface area contributed by atoms with E-state index in [0.717, 1.165) is 23.9 Å². The number of hydrogen-bond donors (Lipinski definition) is 0. The maximum absolute atomic E-state index is 6.67. The van der Waals surface area contributed by atoms with E-state index >= 15 is 0 Å². The Morgan fingerprint density at radius 1 is 1.25 bits per heavy atom. The molecule has 0 aromatic carbocycles. The van der Waals surface area contributed by atoms with Gasteiger partial charge in [0.05, 0.1) is 5.69 Å². The van der Waals surface area contributed by atoms with E-state index in [1.165, 1.54) is 25.7 Å². The monoisotopic (exact) mass is 349 g/mol. The number of fused-ring (bicyclic) bond motifs is 1. The quantitative estimate of drug-likeness (QED) is 0.824. The Morgan fingerprint density at radius 3 is 2.50 bits per heavy atom. The maximum atomic E-state index is 6.67. The smallest absolute Gasteiger partial charge is 0.254 e. The van der Waals surface area contributed by atoms with Gasteiger partial charge in [-0.25, -0.2) is 4.98 Å². The van der Waals surface area contributed by atoms with E-state index in [0.29, 0.717) is 22.3 Å². The molecule has 0 saturated heterocycles. The van der Waals surface area contributed by atoms with Gasteiger partial charge < -0.3 is 4.90 Å². The number of rotatable bonds is 3. The van der Waals surface area contributed by atoms with E-state index in [9.17, 15) is 0 Å². The first-order valence-corrected chi connectivity index (χ1v) is 9.31. The van der Waals surface area contributed by atoms with Crippen molar-refractivity contribution >= 4 is 23.2 Å². The largest absolute Gasteiger partial charge is 0.355 e. The summed E-state index contributed by atoms with van der Waals surface area (Å²) in [7, 11) is 2.13. The van der Waals surface area contributed by atoms with Crippen LogP contribution in [0.2, 0.25) is 5.02 Å². The Hall–Kier alpha value is -1.36. The fourth-order valence-electron chi connectivity index (χ4n) is 3.89. The van der Waals surface area contributed by atoms with Crippen molar-refractivity contribution in [1.82, 2.24) is 19.6 Å². The molecule has 2 heterocycles. The molecule has 0 atom stereocenters. The summed E-state index contributed by atoms with van der Waals surface area (Å²) in [5.41, 5.74) is 1.29. The Kier molecular flexibility index (Phi) is 4.73.